The van der Waals surface area contributed by atoms with E-state index in [4.69, 9.17) is 11.1 Å². The molecule has 0 bridgehead atoms. The van der Waals surface area contributed by atoms with E-state index in [9.17, 15) is 0 Å². The SMILES string of the molecule is CN=C(N)C(C=N)=NC. The minimum absolute atomic E-state index is 0.299. The molecule has 0 amide bonds. The van der Waals surface area contributed by atoms with Gasteiger partial charge in [-0.15, -0.1) is 0 Å². The minimum Gasteiger partial charge on any atom is -0.382 e. The summed E-state index contributed by atoms with van der Waals surface area (Å²) in [7, 11) is 3.13. The van der Waals surface area contributed by atoms with Gasteiger partial charge in [-0.3, -0.25) is 9.98 Å². The Balaban J connectivity index is 4.32. The fourth-order valence-electron chi connectivity index (χ4n) is 0.368. The first kappa shape index (κ1) is 7.81. The van der Waals surface area contributed by atoms with Gasteiger partial charge in [-0.05, 0) is 0 Å². The van der Waals surface area contributed by atoms with Crippen LogP contribution in [0.15, 0.2) is 9.98 Å². The van der Waals surface area contributed by atoms with Gasteiger partial charge in [0.2, 0.25) is 0 Å². The molecule has 0 unspecified atom stereocenters. The van der Waals surface area contributed by atoms with Crippen molar-refractivity contribution in [1.29, 1.82) is 5.41 Å². The van der Waals surface area contributed by atoms with Crippen LogP contribution in [0.2, 0.25) is 0 Å². The van der Waals surface area contributed by atoms with Crippen LogP contribution in [-0.2, 0) is 0 Å². The van der Waals surface area contributed by atoms with E-state index in [-0.39, 0.29) is 0 Å². The molecule has 0 aromatic rings. The first-order valence-corrected chi connectivity index (χ1v) is 2.46. The predicted octanol–water partition coefficient (Wildman–Crippen LogP) is -0.306. The van der Waals surface area contributed by atoms with Gasteiger partial charge >= 0.3 is 0 Å². The minimum atomic E-state index is 0.299. The summed E-state index contributed by atoms with van der Waals surface area (Å²) in [6.45, 7) is 0. The third kappa shape index (κ3) is 2.03. The lowest BCUT2D eigenvalue weighted by Gasteiger charge is -1.93. The molecule has 0 atom stereocenters. The zero-order chi connectivity index (χ0) is 7.28. The van der Waals surface area contributed by atoms with Crippen molar-refractivity contribution in [3.63, 3.8) is 0 Å². The highest BCUT2D eigenvalue weighted by Crippen LogP contribution is 1.71. The van der Waals surface area contributed by atoms with E-state index in [1.807, 2.05) is 0 Å². The normalized spacial score (nSPS) is 13.6. The molecule has 0 saturated carbocycles. The van der Waals surface area contributed by atoms with Crippen LogP contribution in [0.1, 0.15) is 0 Å². The van der Waals surface area contributed by atoms with Crippen molar-refractivity contribution in [3.8, 4) is 0 Å². The molecule has 0 spiro atoms. The van der Waals surface area contributed by atoms with E-state index in [0.717, 1.165) is 6.21 Å². The summed E-state index contributed by atoms with van der Waals surface area (Å²) >= 11 is 0. The highest BCUT2D eigenvalue weighted by atomic mass is 14.9. The molecule has 0 rings (SSSR count). The van der Waals surface area contributed by atoms with Crippen LogP contribution >= 0.6 is 0 Å². The molecule has 50 valence electrons. The number of amidine groups is 1. The Morgan fingerprint density at radius 2 is 2.00 bits per heavy atom. The molecule has 0 radical (unpaired) electrons. The van der Waals surface area contributed by atoms with Crippen molar-refractivity contribution < 1.29 is 0 Å². The molecular formula is C5H10N4. The Morgan fingerprint density at radius 3 is 2.11 bits per heavy atom. The second-order valence-electron chi connectivity index (χ2n) is 1.36. The first-order chi connectivity index (χ1) is 4.26. The second-order valence-corrected chi connectivity index (χ2v) is 1.36. The Bertz CT molecular complexity index is 156. The smallest absolute Gasteiger partial charge is 0.145 e. The molecule has 0 aromatic heterocycles. The van der Waals surface area contributed by atoms with Crippen LogP contribution in [0.4, 0.5) is 0 Å². The van der Waals surface area contributed by atoms with Crippen LogP contribution in [0.3, 0.4) is 0 Å². The van der Waals surface area contributed by atoms with Gasteiger partial charge in [0.15, 0.2) is 0 Å². The quantitative estimate of drug-likeness (QED) is 0.386. The summed E-state index contributed by atoms with van der Waals surface area (Å²) in [6, 6.07) is 0. The van der Waals surface area contributed by atoms with Crippen LogP contribution < -0.4 is 5.73 Å². The van der Waals surface area contributed by atoms with E-state index >= 15 is 0 Å². The predicted molar refractivity (Wildman–Crippen MR) is 39.7 cm³/mol. The Morgan fingerprint density at radius 1 is 1.44 bits per heavy atom. The van der Waals surface area contributed by atoms with Crippen molar-refractivity contribution in [1.82, 2.24) is 0 Å². The van der Waals surface area contributed by atoms with Gasteiger partial charge in [0.25, 0.3) is 0 Å². The zero-order valence-corrected chi connectivity index (χ0v) is 5.55. The van der Waals surface area contributed by atoms with Gasteiger partial charge in [-0.2, -0.15) is 0 Å². The summed E-state index contributed by atoms with van der Waals surface area (Å²) < 4.78 is 0. The lowest BCUT2D eigenvalue weighted by molar-refractivity contribution is 1.40. The Labute approximate surface area is 54.0 Å². The number of nitrogens with two attached hydrogens (primary N) is 1. The number of hydrogen-bond donors (Lipinski definition) is 2. The lowest BCUT2D eigenvalue weighted by atomic mass is 10.4. The summed E-state index contributed by atoms with van der Waals surface area (Å²) in [5, 5.41) is 6.78. The van der Waals surface area contributed by atoms with Crippen molar-refractivity contribution in [3.05, 3.63) is 0 Å². The summed E-state index contributed by atoms with van der Waals surface area (Å²) in [5.74, 6) is 0.299. The van der Waals surface area contributed by atoms with Crippen molar-refractivity contribution in [2.75, 3.05) is 14.1 Å². The standard InChI is InChI=1S/C5H10N4/c1-8-4(3-6)5(7)9-2/h3,6H,1-2H3,(H2,7,9). The Hall–Kier alpha value is -1.19. The molecule has 9 heavy (non-hydrogen) atoms. The summed E-state index contributed by atoms with van der Waals surface area (Å²) in [4.78, 5) is 7.34. The van der Waals surface area contributed by atoms with Crippen LogP contribution in [0.25, 0.3) is 0 Å². The summed E-state index contributed by atoms with van der Waals surface area (Å²) in [5.41, 5.74) is 5.72. The van der Waals surface area contributed by atoms with Crippen molar-refractivity contribution in [2.24, 2.45) is 15.7 Å². The van der Waals surface area contributed by atoms with Crippen molar-refractivity contribution in [2.45, 2.75) is 0 Å². The molecule has 0 saturated heterocycles. The third-order valence-electron chi connectivity index (χ3n) is 0.881. The maximum absolute atomic E-state index is 6.78. The number of hydrogen-bond acceptors (Lipinski definition) is 3. The van der Waals surface area contributed by atoms with Crippen LogP contribution in [0.5, 0.6) is 0 Å². The average Bonchev–Trinajstić information content (AvgIpc) is 1.90. The number of aliphatic imine (C=N–C) groups is 2. The van der Waals surface area contributed by atoms with Gasteiger partial charge in [-0.1, -0.05) is 0 Å². The fourth-order valence-corrected chi connectivity index (χ4v) is 0.368. The van der Waals surface area contributed by atoms with Gasteiger partial charge in [0, 0.05) is 20.3 Å². The molecule has 0 fully saturated rings. The topological polar surface area (TPSA) is 74.6 Å². The highest BCUT2D eigenvalue weighted by Gasteiger charge is 1.95. The summed E-state index contributed by atoms with van der Waals surface area (Å²) in [6.07, 6.45) is 1.07. The van der Waals surface area contributed by atoms with E-state index in [1.54, 1.807) is 14.1 Å². The first-order valence-electron chi connectivity index (χ1n) is 2.46. The Kier molecular flexibility index (Phi) is 3.27. The zero-order valence-electron chi connectivity index (χ0n) is 5.55. The fraction of sp³-hybridized carbons (Fsp3) is 0.400. The molecule has 4 heteroatoms. The highest BCUT2D eigenvalue weighted by molar-refractivity contribution is 6.61. The van der Waals surface area contributed by atoms with Crippen LogP contribution in [-0.4, -0.2) is 31.9 Å². The molecule has 3 N–H and O–H groups in total. The van der Waals surface area contributed by atoms with Gasteiger partial charge in [0.05, 0.1) is 0 Å². The molecule has 0 aliphatic rings. The average molecular weight is 126 g/mol. The third-order valence-corrected chi connectivity index (χ3v) is 0.881. The second kappa shape index (κ2) is 3.77. The largest absolute Gasteiger partial charge is 0.382 e. The van der Waals surface area contributed by atoms with E-state index in [1.165, 1.54) is 0 Å². The number of rotatable bonds is 2. The van der Waals surface area contributed by atoms with Gasteiger partial charge < -0.3 is 11.1 Å². The maximum atomic E-state index is 6.78. The molecule has 0 aromatic carbocycles. The molecule has 0 aliphatic carbocycles. The molecule has 4 nitrogen and oxygen atoms in total. The van der Waals surface area contributed by atoms with E-state index in [2.05, 4.69) is 9.98 Å². The van der Waals surface area contributed by atoms with Gasteiger partial charge in [0.1, 0.15) is 11.5 Å². The number of nitrogens with zero attached hydrogens (tertiary/aromatic N) is 2. The monoisotopic (exact) mass is 126 g/mol. The van der Waals surface area contributed by atoms with Crippen molar-refractivity contribution >= 4 is 17.8 Å². The van der Waals surface area contributed by atoms with E-state index in [0.29, 0.717) is 11.5 Å². The molecule has 0 heterocycles. The van der Waals surface area contributed by atoms with Crippen LogP contribution in [0, 0.1) is 5.41 Å². The maximum Gasteiger partial charge on any atom is 0.145 e. The number of nitrogens with one attached hydrogen (secondary N) is 1. The van der Waals surface area contributed by atoms with E-state index < -0.39 is 0 Å². The molecular weight excluding hydrogens is 116 g/mol. The van der Waals surface area contributed by atoms with Gasteiger partial charge in [-0.25, -0.2) is 0 Å². The lowest BCUT2D eigenvalue weighted by Crippen LogP contribution is -2.24. The molecule has 0 aliphatic heterocycles.